The first kappa shape index (κ1) is 10.0. The molecule has 0 radical (unpaired) electrons. The molecule has 0 aliphatic heterocycles. The summed E-state index contributed by atoms with van der Waals surface area (Å²) >= 11 is 0. The molecule has 1 atom stereocenters. The highest BCUT2D eigenvalue weighted by molar-refractivity contribution is 5.68. The van der Waals surface area contributed by atoms with E-state index < -0.39 is 5.97 Å². The molecular formula is C12H14O3. The second-order valence-corrected chi connectivity index (χ2v) is 4.03. The van der Waals surface area contributed by atoms with Crippen molar-refractivity contribution in [2.24, 2.45) is 0 Å². The molecule has 1 aliphatic carbocycles. The number of fused-ring (bicyclic) bond motifs is 1. The Bertz CT molecular complexity index is 384. The van der Waals surface area contributed by atoms with Crippen LogP contribution in [0.5, 0.6) is 5.75 Å². The molecule has 0 amide bonds. The molecule has 15 heavy (non-hydrogen) atoms. The van der Waals surface area contributed by atoms with E-state index in [1.165, 1.54) is 0 Å². The van der Waals surface area contributed by atoms with E-state index in [1.807, 2.05) is 6.07 Å². The molecule has 1 aromatic rings. The van der Waals surface area contributed by atoms with Crippen LogP contribution in [0.15, 0.2) is 18.2 Å². The van der Waals surface area contributed by atoms with Crippen molar-refractivity contribution in [3.05, 3.63) is 29.3 Å². The minimum absolute atomic E-state index is 0.0679. The topological polar surface area (TPSA) is 57.5 Å². The maximum absolute atomic E-state index is 10.7. The summed E-state index contributed by atoms with van der Waals surface area (Å²) < 4.78 is 0. The second-order valence-electron chi connectivity index (χ2n) is 4.03. The Kier molecular flexibility index (Phi) is 2.62. The average molecular weight is 206 g/mol. The monoisotopic (exact) mass is 206 g/mol. The third kappa shape index (κ3) is 1.96. The number of aliphatic carboxylic acids is 1. The van der Waals surface area contributed by atoms with Gasteiger partial charge in [-0.2, -0.15) is 0 Å². The van der Waals surface area contributed by atoms with Crippen LogP contribution in [0.1, 0.15) is 36.3 Å². The Hall–Kier alpha value is -1.51. The normalized spacial score (nSPS) is 19.6. The quantitative estimate of drug-likeness (QED) is 0.780. The fraction of sp³-hybridized carbons (Fsp3) is 0.417. The number of carbonyl (C=O) groups is 1. The van der Waals surface area contributed by atoms with Crippen LogP contribution < -0.4 is 0 Å². The van der Waals surface area contributed by atoms with E-state index in [1.54, 1.807) is 12.1 Å². The Morgan fingerprint density at radius 3 is 3.00 bits per heavy atom. The van der Waals surface area contributed by atoms with E-state index in [-0.39, 0.29) is 12.3 Å². The van der Waals surface area contributed by atoms with Gasteiger partial charge in [0.2, 0.25) is 0 Å². The van der Waals surface area contributed by atoms with Crippen LogP contribution in [-0.4, -0.2) is 16.2 Å². The first-order valence-corrected chi connectivity index (χ1v) is 5.21. The average Bonchev–Trinajstić information content (AvgIpc) is 2.19. The first-order chi connectivity index (χ1) is 7.18. The highest BCUT2D eigenvalue weighted by Crippen LogP contribution is 2.37. The lowest BCUT2D eigenvalue weighted by Crippen LogP contribution is -2.13. The predicted molar refractivity (Wildman–Crippen MR) is 56.0 cm³/mol. The van der Waals surface area contributed by atoms with Gasteiger partial charge in [-0.05, 0) is 42.4 Å². The Morgan fingerprint density at radius 1 is 1.47 bits per heavy atom. The molecule has 1 aromatic carbocycles. The zero-order valence-electron chi connectivity index (χ0n) is 8.44. The van der Waals surface area contributed by atoms with Crippen molar-refractivity contribution >= 4 is 5.97 Å². The van der Waals surface area contributed by atoms with Crippen molar-refractivity contribution in [2.45, 2.75) is 31.6 Å². The fourth-order valence-electron chi connectivity index (χ4n) is 2.35. The molecule has 2 rings (SSSR count). The minimum Gasteiger partial charge on any atom is -0.508 e. The van der Waals surface area contributed by atoms with Gasteiger partial charge in [0, 0.05) is 0 Å². The van der Waals surface area contributed by atoms with Crippen LogP contribution in [0.25, 0.3) is 0 Å². The SMILES string of the molecule is O=C(O)CC1CCCc2c(O)cccc21. The molecule has 0 heterocycles. The van der Waals surface area contributed by atoms with Gasteiger partial charge in [0.15, 0.2) is 0 Å². The number of carboxylic acids is 1. The predicted octanol–water partition coefficient (Wildman–Crippen LogP) is 2.29. The maximum Gasteiger partial charge on any atom is 0.303 e. The maximum atomic E-state index is 10.7. The number of carboxylic acid groups (broad SMARTS) is 1. The van der Waals surface area contributed by atoms with Gasteiger partial charge >= 0.3 is 5.97 Å². The molecule has 0 aromatic heterocycles. The summed E-state index contributed by atoms with van der Waals surface area (Å²) in [6.07, 6.45) is 2.89. The lowest BCUT2D eigenvalue weighted by atomic mass is 9.81. The number of hydrogen-bond acceptors (Lipinski definition) is 2. The summed E-state index contributed by atoms with van der Waals surface area (Å²) in [5.74, 6) is -0.392. The Balaban J connectivity index is 2.34. The molecule has 2 N–H and O–H groups in total. The van der Waals surface area contributed by atoms with Gasteiger partial charge in [-0.3, -0.25) is 4.79 Å². The van der Waals surface area contributed by atoms with E-state index in [2.05, 4.69) is 0 Å². The van der Waals surface area contributed by atoms with Crippen molar-refractivity contribution in [2.75, 3.05) is 0 Å². The van der Waals surface area contributed by atoms with Crippen LogP contribution in [0.3, 0.4) is 0 Å². The number of aromatic hydroxyl groups is 1. The lowest BCUT2D eigenvalue weighted by Gasteiger charge is -2.24. The summed E-state index contributed by atoms with van der Waals surface area (Å²) in [7, 11) is 0. The standard InChI is InChI=1S/C12H14O3/c13-11-6-2-4-9-8(7-12(14)15)3-1-5-10(9)11/h2,4,6,8,13H,1,3,5,7H2,(H,14,15). The second kappa shape index (κ2) is 3.93. The van der Waals surface area contributed by atoms with Crippen LogP contribution in [0.2, 0.25) is 0 Å². The summed E-state index contributed by atoms with van der Waals surface area (Å²) in [6.45, 7) is 0. The van der Waals surface area contributed by atoms with E-state index in [9.17, 15) is 9.90 Å². The highest BCUT2D eigenvalue weighted by atomic mass is 16.4. The van der Waals surface area contributed by atoms with Crippen LogP contribution >= 0.6 is 0 Å². The number of phenolic OH excluding ortho intramolecular Hbond substituents is 1. The van der Waals surface area contributed by atoms with Crippen LogP contribution in [0, 0.1) is 0 Å². The van der Waals surface area contributed by atoms with Crippen molar-refractivity contribution in [1.29, 1.82) is 0 Å². The largest absolute Gasteiger partial charge is 0.508 e. The molecule has 1 unspecified atom stereocenters. The van der Waals surface area contributed by atoms with Gasteiger partial charge in [0.1, 0.15) is 5.75 Å². The Morgan fingerprint density at radius 2 is 2.27 bits per heavy atom. The molecule has 0 saturated heterocycles. The Labute approximate surface area is 88.4 Å². The van der Waals surface area contributed by atoms with Gasteiger partial charge in [0.25, 0.3) is 0 Å². The van der Waals surface area contributed by atoms with Gasteiger partial charge in [-0.25, -0.2) is 0 Å². The summed E-state index contributed by atoms with van der Waals surface area (Å²) in [5.41, 5.74) is 1.96. The molecule has 0 fully saturated rings. The lowest BCUT2D eigenvalue weighted by molar-refractivity contribution is -0.137. The number of hydrogen-bond donors (Lipinski definition) is 2. The third-order valence-electron chi connectivity index (χ3n) is 3.03. The van der Waals surface area contributed by atoms with Gasteiger partial charge in [-0.1, -0.05) is 12.1 Å². The zero-order chi connectivity index (χ0) is 10.8. The minimum atomic E-state index is -0.767. The van der Waals surface area contributed by atoms with E-state index >= 15 is 0 Å². The third-order valence-corrected chi connectivity index (χ3v) is 3.03. The van der Waals surface area contributed by atoms with E-state index in [4.69, 9.17) is 5.11 Å². The van der Waals surface area contributed by atoms with Crippen molar-refractivity contribution in [1.82, 2.24) is 0 Å². The molecular weight excluding hydrogens is 192 g/mol. The van der Waals surface area contributed by atoms with Gasteiger partial charge < -0.3 is 10.2 Å². The molecule has 3 nitrogen and oxygen atoms in total. The smallest absolute Gasteiger partial charge is 0.303 e. The number of rotatable bonds is 2. The van der Waals surface area contributed by atoms with Gasteiger partial charge in [0.05, 0.1) is 6.42 Å². The van der Waals surface area contributed by atoms with Gasteiger partial charge in [-0.15, -0.1) is 0 Å². The fourth-order valence-corrected chi connectivity index (χ4v) is 2.35. The molecule has 0 saturated carbocycles. The van der Waals surface area contributed by atoms with Crippen LogP contribution in [-0.2, 0) is 11.2 Å². The van der Waals surface area contributed by atoms with Crippen molar-refractivity contribution in [3.8, 4) is 5.75 Å². The van der Waals surface area contributed by atoms with E-state index in [0.717, 1.165) is 30.4 Å². The van der Waals surface area contributed by atoms with Crippen LogP contribution in [0.4, 0.5) is 0 Å². The molecule has 80 valence electrons. The summed E-state index contributed by atoms with van der Waals surface area (Å²) in [5, 5.41) is 18.5. The molecule has 0 spiro atoms. The summed E-state index contributed by atoms with van der Waals surface area (Å²) in [4.78, 5) is 10.7. The summed E-state index contributed by atoms with van der Waals surface area (Å²) in [6, 6.07) is 5.39. The van der Waals surface area contributed by atoms with Crippen molar-refractivity contribution < 1.29 is 15.0 Å². The number of benzene rings is 1. The van der Waals surface area contributed by atoms with E-state index in [0.29, 0.717) is 5.75 Å². The highest BCUT2D eigenvalue weighted by Gasteiger charge is 2.23. The molecule has 1 aliphatic rings. The first-order valence-electron chi connectivity index (χ1n) is 5.21. The zero-order valence-corrected chi connectivity index (χ0v) is 8.44. The molecule has 0 bridgehead atoms. The molecule has 3 heteroatoms. The van der Waals surface area contributed by atoms with Crippen molar-refractivity contribution in [3.63, 3.8) is 0 Å². The number of phenols is 1.